The molecule has 112 valence electrons. The molecule has 0 aliphatic rings. The molecule has 5 heteroatoms. The number of aliphatic imine (C=N–C) groups is 1. The number of aromatic nitrogens is 1. The smallest absolute Gasteiger partial charge is 0.193 e. The molecule has 2 rings (SSSR count). The van der Waals surface area contributed by atoms with Gasteiger partial charge in [-0.25, -0.2) is 4.98 Å². The molecule has 0 atom stereocenters. The molecule has 1 heterocycles. The molecule has 0 amide bonds. The van der Waals surface area contributed by atoms with Gasteiger partial charge in [0.2, 0.25) is 0 Å². The summed E-state index contributed by atoms with van der Waals surface area (Å²) in [6, 6.07) is 10.4. The van der Waals surface area contributed by atoms with Crippen molar-refractivity contribution in [3.05, 3.63) is 52.0 Å². The quantitative estimate of drug-likeness (QED) is 0.682. The number of benzene rings is 1. The summed E-state index contributed by atoms with van der Waals surface area (Å²) in [6.45, 7) is 3.72. The zero-order chi connectivity index (χ0) is 15.1. The summed E-state index contributed by atoms with van der Waals surface area (Å²) in [5.74, 6) is 0.908. The van der Waals surface area contributed by atoms with Crippen LogP contribution in [0, 0.1) is 6.92 Å². The van der Waals surface area contributed by atoms with Crippen LogP contribution < -0.4 is 5.32 Å². The van der Waals surface area contributed by atoms with Crippen LogP contribution in [-0.2, 0) is 13.0 Å². The molecule has 1 N–H and O–H groups in total. The van der Waals surface area contributed by atoms with E-state index in [1.54, 1.807) is 11.3 Å². The highest BCUT2D eigenvalue weighted by molar-refractivity contribution is 7.09. The summed E-state index contributed by atoms with van der Waals surface area (Å²) in [5, 5.41) is 6.63. The molecule has 1 aromatic carbocycles. The van der Waals surface area contributed by atoms with Crippen molar-refractivity contribution in [2.24, 2.45) is 4.99 Å². The lowest BCUT2D eigenvalue weighted by Gasteiger charge is -2.22. The second kappa shape index (κ2) is 7.78. The largest absolute Gasteiger partial charge is 0.356 e. The van der Waals surface area contributed by atoms with Gasteiger partial charge in [-0.15, -0.1) is 11.3 Å². The van der Waals surface area contributed by atoms with E-state index in [0.717, 1.165) is 36.2 Å². The maximum absolute atomic E-state index is 4.47. The Morgan fingerprint density at radius 2 is 2.10 bits per heavy atom. The van der Waals surface area contributed by atoms with Crippen molar-refractivity contribution >= 4 is 17.3 Å². The molecule has 0 aliphatic heterocycles. The van der Waals surface area contributed by atoms with Crippen molar-refractivity contribution < 1.29 is 0 Å². The monoisotopic (exact) mass is 302 g/mol. The number of aryl methyl sites for hydroxylation is 1. The number of thiazole rings is 1. The molecule has 2 aromatic rings. The van der Waals surface area contributed by atoms with Crippen LogP contribution in [0.25, 0.3) is 0 Å². The van der Waals surface area contributed by atoms with Crippen LogP contribution in [0.1, 0.15) is 16.3 Å². The van der Waals surface area contributed by atoms with Crippen molar-refractivity contribution in [3.8, 4) is 0 Å². The Labute approximate surface area is 130 Å². The number of rotatable bonds is 5. The van der Waals surface area contributed by atoms with Crippen molar-refractivity contribution in [2.75, 3.05) is 20.6 Å². The lowest BCUT2D eigenvalue weighted by atomic mass is 10.2. The second-order valence-electron chi connectivity index (χ2n) is 4.92. The summed E-state index contributed by atoms with van der Waals surface area (Å²) in [4.78, 5) is 10.9. The van der Waals surface area contributed by atoms with Crippen LogP contribution in [0.3, 0.4) is 0 Å². The Morgan fingerprint density at radius 3 is 2.71 bits per heavy atom. The highest BCUT2D eigenvalue weighted by Crippen LogP contribution is 2.08. The fourth-order valence-corrected chi connectivity index (χ4v) is 2.79. The number of nitrogens with one attached hydrogen (secondary N) is 1. The van der Waals surface area contributed by atoms with E-state index in [-0.39, 0.29) is 0 Å². The van der Waals surface area contributed by atoms with E-state index >= 15 is 0 Å². The number of hydrogen-bond donors (Lipinski definition) is 1. The minimum absolute atomic E-state index is 0.842. The Hall–Kier alpha value is -1.88. The normalized spacial score (nSPS) is 11.5. The van der Waals surface area contributed by atoms with Crippen LogP contribution >= 0.6 is 11.3 Å². The van der Waals surface area contributed by atoms with E-state index in [1.165, 1.54) is 5.56 Å². The second-order valence-corrected chi connectivity index (χ2v) is 5.99. The molecule has 0 saturated carbocycles. The third-order valence-electron chi connectivity index (χ3n) is 3.17. The van der Waals surface area contributed by atoms with Gasteiger partial charge >= 0.3 is 0 Å². The lowest BCUT2D eigenvalue weighted by Crippen LogP contribution is -2.39. The lowest BCUT2D eigenvalue weighted by molar-refractivity contribution is 0.477. The van der Waals surface area contributed by atoms with E-state index in [2.05, 4.69) is 56.9 Å². The van der Waals surface area contributed by atoms with E-state index in [4.69, 9.17) is 0 Å². The highest BCUT2D eigenvalue weighted by atomic mass is 32.1. The van der Waals surface area contributed by atoms with Crippen molar-refractivity contribution in [1.29, 1.82) is 0 Å². The van der Waals surface area contributed by atoms with E-state index < -0.39 is 0 Å². The first-order valence-electron chi connectivity index (χ1n) is 7.05. The predicted octanol–water partition coefficient (Wildman–Crippen LogP) is 2.70. The molecule has 0 radical (unpaired) electrons. The van der Waals surface area contributed by atoms with E-state index in [9.17, 15) is 0 Å². The Kier molecular flexibility index (Phi) is 5.75. The fourth-order valence-electron chi connectivity index (χ4n) is 2.14. The van der Waals surface area contributed by atoms with Crippen LogP contribution in [0.15, 0.2) is 40.7 Å². The minimum atomic E-state index is 0.842. The zero-order valence-electron chi connectivity index (χ0n) is 12.8. The van der Waals surface area contributed by atoms with Gasteiger partial charge in [0.15, 0.2) is 5.96 Å². The third-order valence-corrected chi connectivity index (χ3v) is 3.99. The van der Waals surface area contributed by atoms with Crippen LogP contribution in [0.5, 0.6) is 0 Å². The summed E-state index contributed by atoms with van der Waals surface area (Å²) in [5.41, 5.74) is 2.42. The molecule has 0 fully saturated rings. The topological polar surface area (TPSA) is 40.5 Å². The van der Waals surface area contributed by atoms with E-state index in [0.29, 0.717) is 0 Å². The first-order valence-corrected chi connectivity index (χ1v) is 7.93. The Balaban J connectivity index is 1.82. The fraction of sp³-hybridized carbons (Fsp3) is 0.375. The average Bonchev–Trinajstić information content (AvgIpc) is 2.90. The Morgan fingerprint density at radius 1 is 1.33 bits per heavy atom. The minimum Gasteiger partial charge on any atom is -0.356 e. The molecular weight excluding hydrogens is 280 g/mol. The van der Waals surface area contributed by atoms with Gasteiger partial charge in [0.25, 0.3) is 0 Å². The molecule has 0 spiro atoms. The summed E-state index contributed by atoms with van der Waals surface area (Å²) >= 11 is 1.70. The summed E-state index contributed by atoms with van der Waals surface area (Å²) < 4.78 is 0. The van der Waals surface area contributed by atoms with Crippen molar-refractivity contribution in [3.63, 3.8) is 0 Å². The summed E-state index contributed by atoms with van der Waals surface area (Å²) in [7, 11) is 3.87. The van der Waals surface area contributed by atoms with Gasteiger partial charge in [0, 0.05) is 39.0 Å². The Bertz CT molecular complexity index is 577. The maximum atomic E-state index is 4.47. The van der Waals surface area contributed by atoms with Crippen molar-refractivity contribution in [2.45, 2.75) is 19.9 Å². The predicted molar refractivity (Wildman–Crippen MR) is 89.8 cm³/mol. The van der Waals surface area contributed by atoms with Gasteiger partial charge in [-0.1, -0.05) is 30.3 Å². The van der Waals surface area contributed by atoms with Gasteiger partial charge in [0.1, 0.15) is 0 Å². The number of nitrogens with zero attached hydrogens (tertiary/aromatic N) is 3. The third kappa shape index (κ3) is 4.86. The number of guanidine groups is 1. The van der Waals surface area contributed by atoms with E-state index in [1.807, 2.05) is 20.0 Å². The highest BCUT2D eigenvalue weighted by Gasteiger charge is 2.06. The SMILES string of the molecule is CN=C(NCCc1csc(C)n1)N(C)Cc1ccccc1. The zero-order valence-corrected chi connectivity index (χ0v) is 13.7. The van der Waals surface area contributed by atoms with Gasteiger partial charge < -0.3 is 10.2 Å². The molecule has 0 bridgehead atoms. The first-order chi connectivity index (χ1) is 10.2. The van der Waals surface area contributed by atoms with Gasteiger partial charge in [0.05, 0.1) is 10.7 Å². The average molecular weight is 302 g/mol. The molecule has 4 nitrogen and oxygen atoms in total. The molecule has 0 saturated heterocycles. The number of hydrogen-bond acceptors (Lipinski definition) is 3. The molecule has 0 unspecified atom stereocenters. The first kappa shape index (κ1) is 15.5. The van der Waals surface area contributed by atoms with Crippen LogP contribution in [0.2, 0.25) is 0 Å². The molecular formula is C16H22N4S. The van der Waals surface area contributed by atoms with Gasteiger partial charge in [-0.3, -0.25) is 4.99 Å². The van der Waals surface area contributed by atoms with Gasteiger partial charge in [-0.05, 0) is 12.5 Å². The molecule has 1 aromatic heterocycles. The van der Waals surface area contributed by atoms with Crippen LogP contribution in [0.4, 0.5) is 0 Å². The van der Waals surface area contributed by atoms with Gasteiger partial charge in [-0.2, -0.15) is 0 Å². The molecule has 21 heavy (non-hydrogen) atoms. The summed E-state index contributed by atoms with van der Waals surface area (Å²) in [6.07, 6.45) is 0.919. The van der Waals surface area contributed by atoms with Crippen molar-refractivity contribution in [1.82, 2.24) is 15.2 Å². The maximum Gasteiger partial charge on any atom is 0.193 e. The standard InChI is InChI=1S/C16H22N4S/c1-13-19-15(12-21-13)9-10-18-16(17-2)20(3)11-14-7-5-4-6-8-14/h4-8,12H,9-11H2,1-3H3,(H,17,18). The molecule has 0 aliphatic carbocycles. The van der Waals surface area contributed by atoms with Crippen LogP contribution in [-0.4, -0.2) is 36.5 Å².